The number of sulfonamides is 1. The fraction of sp³-hybridized carbons (Fsp3) is 0.552. The summed E-state index contributed by atoms with van der Waals surface area (Å²) in [6, 6.07) is 10.2. The number of hydrogen-bond donors (Lipinski definition) is 2. The van der Waals surface area contributed by atoms with Crippen molar-refractivity contribution >= 4 is 49.5 Å². The molecule has 2 N–H and O–H groups in total. The van der Waals surface area contributed by atoms with Crippen molar-refractivity contribution in [3.8, 4) is 0 Å². The summed E-state index contributed by atoms with van der Waals surface area (Å²) in [6.45, 7) is 6.69. The van der Waals surface area contributed by atoms with Crippen molar-refractivity contribution in [3.63, 3.8) is 0 Å². The Morgan fingerprint density at radius 2 is 1.54 bits per heavy atom. The van der Waals surface area contributed by atoms with E-state index >= 15 is 0 Å². The molecule has 0 fully saturated rings. The molecular weight excluding hydrogens is 613 g/mol. The van der Waals surface area contributed by atoms with E-state index in [1.807, 2.05) is 0 Å². The van der Waals surface area contributed by atoms with Crippen LogP contribution in [0.1, 0.15) is 87.2 Å². The number of carboxylic acid groups (broad SMARTS) is 1. The zero-order chi connectivity index (χ0) is 27.1. The number of hydrogen-bond acceptors (Lipinski definition) is 3. The molecule has 3 rings (SSSR count). The molecule has 0 saturated carbocycles. The molecule has 2 aromatic carbocycles. The van der Waals surface area contributed by atoms with Crippen molar-refractivity contribution in [3.05, 3.63) is 58.1 Å². The predicted molar refractivity (Wildman–Crippen MR) is 156 cm³/mol. The van der Waals surface area contributed by atoms with Gasteiger partial charge >= 0.3 is 222 Å². The van der Waals surface area contributed by atoms with E-state index in [0.717, 1.165) is 30.4 Å². The van der Waals surface area contributed by atoms with Crippen molar-refractivity contribution in [1.82, 2.24) is 4.72 Å². The van der Waals surface area contributed by atoms with Crippen LogP contribution in [-0.2, 0) is 22.9 Å². The second-order valence-corrected chi connectivity index (χ2v) is 25.8. The van der Waals surface area contributed by atoms with Crippen molar-refractivity contribution in [2.45, 2.75) is 103 Å². The first kappa shape index (κ1) is 30.5. The average Bonchev–Trinajstić information content (AvgIpc) is 2.87. The van der Waals surface area contributed by atoms with Gasteiger partial charge in [0, 0.05) is 0 Å². The van der Waals surface area contributed by atoms with Crippen LogP contribution in [0.4, 0.5) is 0 Å². The van der Waals surface area contributed by atoms with Gasteiger partial charge in [0.15, 0.2) is 0 Å². The van der Waals surface area contributed by atoms with Crippen LogP contribution < -0.4 is 8.30 Å². The molecular formula is C29H42ClNO4SSn. The van der Waals surface area contributed by atoms with E-state index in [4.69, 9.17) is 11.6 Å². The van der Waals surface area contributed by atoms with E-state index < -0.39 is 34.4 Å². The summed E-state index contributed by atoms with van der Waals surface area (Å²) >= 11 is 2.95. The molecule has 0 spiro atoms. The summed E-state index contributed by atoms with van der Waals surface area (Å²) in [4.78, 5) is 13.0. The van der Waals surface area contributed by atoms with Crippen LogP contribution >= 0.6 is 11.6 Å². The Balaban J connectivity index is 1.97. The van der Waals surface area contributed by atoms with Crippen LogP contribution in [0.2, 0.25) is 18.3 Å². The van der Waals surface area contributed by atoms with Gasteiger partial charge in [-0.1, -0.05) is 11.6 Å². The summed E-state index contributed by atoms with van der Waals surface area (Å²) in [7, 11) is -3.68. The van der Waals surface area contributed by atoms with Crippen LogP contribution in [0, 0.1) is 0 Å². The molecule has 0 bridgehead atoms. The van der Waals surface area contributed by atoms with Gasteiger partial charge in [0.1, 0.15) is 0 Å². The molecule has 0 saturated heterocycles. The Labute approximate surface area is 232 Å². The van der Waals surface area contributed by atoms with Gasteiger partial charge in [-0.05, 0) is 0 Å². The normalized spacial score (nSPS) is 15.9. The van der Waals surface area contributed by atoms with E-state index in [2.05, 4.69) is 37.6 Å². The number of nitrogens with one attached hydrogen (secondary N) is 1. The molecule has 1 atom stereocenters. The number of halogens is 1. The monoisotopic (exact) mass is 655 g/mol. The third-order valence-electron chi connectivity index (χ3n) is 7.88. The quantitative estimate of drug-likeness (QED) is 0.217. The van der Waals surface area contributed by atoms with Gasteiger partial charge in [-0.25, -0.2) is 0 Å². The summed E-state index contributed by atoms with van der Waals surface area (Å²) in [5.74, 6) is -0.808. The van der Waals surface area contributed by atoms with Gasteiger partial charge in [0.25, 0.3) is 0 Å². The Morgan fingerprint density at radius 1 is 0.973 bits per heavy atom. The number of rotatable bonds is 14. The Bertz CT molecular complexity index is 1150. The fourth-order valence-electron chi connectivity index (χ4n) is 5.87. The summed E-state index contributed by atoms with van der Waals surface area (Å²) < 4.78 is 33.6. The summed E-state index contributed by atoms with van der Waals surface area (Å²) in [6.07, 6.45) is 8.61. The first-order valence-electron chi connectivity index (χ1n) is 13.8. The van der Waals surface area contributed by atoms with E-state index in [0.29, 0.717) is 29.8 Å². The van der Waals surface area contributed by atoms with Gasteiger partial charge in [-0.15, -0.1) is 0 Å². The second kappa shape index (κ2) is 13.8. The van der Waals surface area contributed by atoms with Gasteiger partial charge in [0.2, 0.25) is 0 Å². The molecule has 0 aromatic heterocycles. The number of aromatic carboxylic acids is 1. The van der Waals surface area contributed by atoms with Crippen molar-refractivity contribution in [2.75, 3.05) is 0 Å². The first-order valence-corrected chi connectivity index (χ1v) is 23.2. The standard InChI is InChI=1S/C17H15ClNO4S.3C4H9.Sn/c18-12-4-7-14(8-5-12)24(22,23)19-13-6-9-15-11(10-13)2-1-3-16(15)17(20)21;3*1-3-4-2;/h1-2,4-5,7-8,13,19H,6,9-10H2,(H,20,21);3*1,3-4H2,2H3;. The predicted octanol–water partition coefficient (Wildman–Crippen LogP) is 6.93. The van der Waals surface area contributed by atoms with Gasteiger partial charge in [-0.3, -0.25) is 0 Å². The van der Waals surface area contributed by atoms with Crippen LogP contribution in [-0.4, -0.2) is 43.9 Å². The number of benzene rings is 2. The molecule has 204 valence electrons. The molecule has 1 aliphatic rings. The van der Waals surface area contributed by atoms with E-state index in [9.17, 15) is 18.3 Å². The number of carboxylic acids is 1. The molecule has 37 heavy (non-hydrogen) atoms. The third-order valence-corrected chi connectivity index (χ3v) is 25.3. The van der Waals surface area contributed by atoms with Crippen molar-refractivity contribution in [2.24, 2.45) is 0 Å². The van der Waals surface area contributed by atoms with E-state index in [1.54, 1.807) is 12.1 Å². The molecule has 1 unspecified atom stereocenters. The molecule has 0 aliphatic heterocycles. The molecule has 0 amide bonds. The molecule has 1 aliphatic carbocycles. The van der Waals surface area contributed by atoms with Crippen molar-refractivity contribution in [1.29, 1.82) is 0 Å². The minimum absolute atomic E-state index is 0.186. The summed E-state index contributed by atoms with van der Waals surface area (Å²) in [5.41, 5.74) is 2.48. The molecule has 5 nitrogen and oxygen atoms in total. The average molecular weight is 655 g/mol. The van der Waals surface area contributed by atoms with E-state index in [-0.39, 0.29) is 10.9 Å². The van der Waals surface area contributed by atoms with E-state index in [1.165, 1.54) is 48.3 Å². The maximum atomic E-state index is 12.9. The van der Waals surface area contributed by atoms with Crippen LogP contribution in [0.25, 0.3) is 0 Å². The topological polar surface area (TPSA) is 83.5 Å². The third kappa shape index (κ3) is 7.52. The maximum absolute atomic E-state index is 12.9. The molecule has 0 radical (unpaired) electrons. The van der Waals surface area contributed by atoms with Gasteiger partial charge in [-0.2, -0.15) is 0 Å². The molecule has 8 heteroatoms. The minimum atomic E-state index is -3.68. The number of fused-ring (bicyclic) bond motifs is 1. The zero-order valence-corrected chi connectivity index (χ0v) is 26.9. The number of carbonyl (C=O) groups is 1. The first-order chi connectivity index (χ1) is 17.7. The number of unbranched alkanes of at least 4 members (excludes halogenated alkanes) is 3. The van der Waals surface area contributed by atoms with Gasteiger partial charge in [0.05, 0.1) is 0 Å². The molecule has 2 aromatic rings. The zero-order valence-electron chi connectivity index (χ0n) is 22.5. The van der Waals surface area contributed by atoms with Crippen LogP contribution in [0.15, 0.2) is 41.3 Å². The van der Waals surface area contributed by atoms with Gasteiger partial charge < -0.3 is 0 Å². The fourth-order valence-corrected chi connectivity index (χ4v) is 24.0. The van der Waals surface area contributed by atoms with Crippen LogP contribution in [0.3, 0.4) is 0 Å². The Hall–Kier alpha value is -1.09. The van der Waals surface area contributed by atoms with Crippen LogP contribution in [0.5, 0.6) is 0 Å². The molecule has 0 heterocycles. The van der Waals surface area contributed by atoms with Crippen molar-refractivity contribution < 1.29 is 18.3 Å². The Morgan fingerprint density at radius 3 is 2.05 bits per heavy atom. The Kier molecular flexibility index (Phi) is 11.4. The SMILES string of the molecule is CCC[CH2][Sn]([CH2]CCC)([CH2]CCC)[c]1ccc2c(c1C(=O)O)CCC(NS(=O)(=O)c1ccc(Cl)cc1)C2. The summed E-state index contributed by atoms with van der Waals surface area (Å²) in [5, 5.41) is 11.0. The second-order valence-electron chi connectivity index (χ2n) is 10.5.